The summed E-state index contributed by atoms with van der Waals surface area (Å²) in [5, 5.41) is 0. The Morgan fingerprint density at radius 2 is 1.77 bits per heavy atom. The fourth-order valence-corrected chi connectivity index (χ4v) is 3.76. The molecule has 0 aliphatic carbocycles. The number of hydrogen-bond acceptors (Lipinski definition) is 4. The van der Waals surface area contributed by atoms with Crippen LogP contribution in [0, 0.1) is 6.92 Å². The molecule has 164 valence electrons. The minimum Gasteiger partial charge on any atom is -0.493 e. The lowest BCUT2D eigenvalue weighted by Crippen LogP contribution is -2.31. The zero-order valence-corrected chi connectivity index (χ0v) is 18.8. The number of amides is 1. The monoisotopic (exact) mass is 421 g/mol. The van der Waals surface area contributed by atoms with Gasteiger partial charge in [-0.05, 0) is 48.7 Å². The standard InChI is InChI=1S/C26H31NO4/c1-5-26(28)27(18-20-10-13-24(29-3)25(17-20)30-4)15-14-22(23-7-6-16-31-23)21-11-8-19(2)9-12-21/h6-13,16-17,22H,5,14-15,18H2,1-4H3. The van der Waals surface area contributed by atoms with Crippen LogP contribution in [-0.2, 0) is 11.3 Å². The molecule has 2 aromatic carbocycles. The first kappa shape index (κ1) is 22.5. The smallest absolute Gasteiger partial charge is 0.222 e. The van der Waals surface area contributed by atoms with Gasteiger partial charge in [-0.3, -0.25) is 4.79 Å². The van der Waals surface area contributed by atoms with Gasteiger partial charge in [0.2, 0.25) is 5.91 Å². The lowest BCUT2D eigenvalue weighted by atomic mass is 9.92. The summed E-state index contributed by atoms with van der Waals surface area (Å²) in [5.74, 6) is 2.47. The van der Waals surface area contributed by atoms with Gasteiger partial charge in [0.1, 0.15) is 5.76 Å². The fraction of sp³-hybridized carbons (Fsp3) is 0.346. The number of benzene rings is 2. The van der Waals surface area contributed by atoms with Crippen LogP contribution in [0.4, 0.5) is 0 Å². The fourth-order valence-electron chi connectivity index (χ4n) is 3.76. The normalized spacial score (nSPS) is 11.7. The third-order valence-corrected chi connectivity index (χ3v) is 5.53. The van der Waals surface area contributed by atoms with Gasteiger partial charge in [-0.1, -0.05) is 42.8 Å². The Labute approximate surface area is 184 Å². The van der Waals surface area contributed by atoms with Crippen molar-refractivity contribution in [2.45, 2.75) is 39.2 Å². The molecule has 0 N–H and O–H groups in total. The molecule has 0 aliphatic rings. The van der Waals surface area contributed by atoms with Crippen molar-refractivity contribution in [2.24, 2.45) is 0 Å². The van der Waals surface area contributed by atoms with E-state index >= 15 is 0 Å². The number of carbonyl (C=O) groups is 1. The van der Waals surface area contributed by atoms with Crippen molar-refractivity contribution in [2.75, 3.05) is 20.8 Å². The summed E-state index contributed by atoms with van der Waals surface area (Å²) in [7, 11) is 3.23. The maximum absolute atomic E-state index is 12.7. The predicted octanol–water partition coefficient (Wildman–Crippen LogP) is 5.57. The number of ether oxygens (including phenoxy) is 2. The van der Waals surface area contributed by atoms with Crippen molar-refractivity contribution in [3.8, 4) is 11.5 Å². The third kappa shape index (κ3) is 5.69. The number of aryl methyl sites for hydroxylation is 1. The van der Waals surface area contributed by atoms with E-state index in [0.29, 0.717) is 31.0 Å². The molecule has 0 bridgehead atoms. The molecule has 1 aromatic heterocycles. The molecule has 1 atom stereocenters. The average Bonchev–Trinajstić information content (AvgIpc) is 3.33. The highest BCUT2D eigenvalue weighted by Crippen LogP contribution is 2.31. The molecule has 0 spiro atoms. The van der Waals surface area contributed by atoms with Crippen LogP contribution in [0.3, 0.4) is 0 Å². The van der Waals surface area contributed by atoms with Crippen LogP contribution in [0.5, 0.6) is 11.5 Å². The quantitative estimate of drug-likeness (QED) is 0.430. The zero-order valence-electron chi connectivity index (χ0n) is 18.8. The lowest BCUT2D eigenvalue weighted by molar-refractivity contribution is -0.131. The number of furan rings is 1. The topological polar surface area (TPSA) is 51.9 Å². The molecule has 1 amide bonds. The van der Waals surface area contributed by atoms with E-state index in [1.54, 1.807) is 20.5 Å². The second-order valence-corrected chi connectivity index (χ2v) is 7.63. The largest absolute Gasteiger partial charge is 0.493 e. The minimum absolute atomic E-state index is 0.0909. The van der Waals surface area contributed by atoms with Crippen LogP contribution in [0.1, 0.15) is 48.1 Å². The van der Waals surface area contributed by atoms with E-state index in [-0.39, 0.29) is 11.8 Å². The summed E-state index contributed by atoms with van der Waals surface area (Å²) in [6.45, 7) is 5.12. The summed E-state index contributed by atoms with van der Waals surface area (Å²) in [6.07, 6.45) is 2.94. The summed E-state index contributed by atoms with van der Waals surface area (Å²) in [4.78, 5) is 14.6. The molecule has 5 nitrogen and oxygen atoms in total. The number of nitrogens with zero attached hydrogens (tertiary/aromatic N) is 1. The van der Waals surface area contributed by atoms with Crippen molar-refractivity contribution in [1.82, 2.24) is 4.90 Å². The van der Waals surface area contributed by atoms with Gasteiger partial charge in [0.05, 0.1) is 20.5 Å². The molecule has 1 heterocycles. The zero-order chi connectivity index (χ0) is 22.2. The maximum Gasteiger partial charge on any atom is 0.222 e. The molecule has 5 heteroatoms. The van der Waals surface area contributed by atoms with E-state index in [4.69, 9.17) is 13.9 Å². The van der Waals surface area contributed by atoms with Crippen LogP contribution in [0.15, 0.2) is 65.3 Å². The Kier molecular flexibility index (Phi) is 7.76. The van der Waals surface area contributed by atoms with Gasteiger partial charge in [-0.25, -0.2) is 0 Å². The predicted molar refractivity (Wildman–Crippen MR) is 122 cm³/mol. The van der Waals surface area contributed by atoms with Crippen LogP contribution in [-0.4, -0.2) is 31.6 Å². The van der Waals surface area contributed by atoms with Crippen molar-refractivity contribution >= 4 is 5.91 Å². The SMILES string of the molecule is CCC(=O)N(CCC(c1ccc(C)cc1)c1ccco1)Cc1ccc(OC)c(OC)c1. The highest BCUT2D eigenvalue weighted by molar-refractivity contribution is 5.75. The first-order valence-corrected chi connectivity index (χ1v) is 10.6. The molecule has 0 fully saturated rings. The molecule has 0 saturated carbocycles. The molecule has 0 radical (unpaired) electrons. The van der Waals surface area contributed by atoms with E-state index < -0.39 is 0 Å². The lowest BCUT2D eigenvalue weighted by Gasteiger charge is -2.25. The molecule has 3 aromatic rings. The summed E-state index contributed by atoms with van der Waals surface area (Å²) >= 11 is 0. The highest BCUT2D eigenvalue weighted by atomic mass is 16.5. The molecule has 0 aliphatic heterocycles. The van der Waals surface area contributed by atoms with Crippen LogP contribution < -0.4 is 9.47 Å². The number of carbonyl (C=O) groups excluding carboxylic acids is 1. The number of methoxy groups -OCH3 is 2. The molecule has 31 heavy (non-hydrogen) atoms. The second kappa shape index (κ2) is 10.7. The van der Waals surface area contributed by atoms with Gasteiger partial charge in [-0.15, -0.1) is 0 Å². The number of hydrogen-bond donors (Lipinski definition) is 0. The number of rotatable bonds is 10. The molecule has 0 saturated heterocycles. The summed E-state index contributed by atoms with van der Waals surface area (Å²) in [6, 6.07) is 18.2. The van der Waals surface area contributed by atoms with Gasteiger partial charge in [0.25, 0.3) is 0 Å². The van der Waals surface area contributed by atoms with Gasteiger partial charge in [-0.2, -0.15) is 0 Å². The van der Waals surface area contributed by atoms with E-state index in [1.807, 2.05) is 42.2 Å². The van der Waals surface area contributed by atoms with E-state index in [0.717, 1.165) is 17.7 Å². The van der Waals surface area contributed by atoms with E-state index in [2.05, 4.69) is 31.2 Å². The first-order chi connectivity index (χ1) is 15.0. The van der Waals surface area contributed by atoms with Crippen LogP contribution >= 0.6 is 0 Å². The van der Waals surface area contributed by atoms with Crippen molar-refractivity contribution in [1.29, 1.82) is 0 Å². The molecular weight excluding hydrogens is 390 g/mol. The van der Waals surface area contributed by atoms with Gasteiger partial charge in [0, 0.05) is 25.4 Å². The van der Waals surface area contributed by atoms with Crippen LogP contribution in [0.2, 0.25) is 0 Å². The first-order valence-electron chi connectivity index (χ1n) is 10.6. The summed E-state index contributed by atoms with van der Waals surface area (Å²) < 4.78 is 16.5. The van der Waals surface area contributed by atoms with Gasteiger partial charge in [0.15, 0.2) is 11.5 Å². The molecule has 3 rings (SSSR count). The highest BCUT2D eigenvalue weighted by Gasteiger charge is 2.21. The van der Waals surface area contributed by atoms with Gasteiger partial charge >= 0.3 is 0 Å². The van der Waals surface area contributed by atoms with E-state index in [1.165, 1.54) is 11.1 Å². The summed E-state index contributed by atoms with van der Waals surface area (Å²) in [5.41, 5.74) is 3.41. The Morgan fingerprint density at radius 3 is 2.39 bits per heavy atom. The maximum atomic E-state index is 12.7. The Bertz CT molecular complexity index is 964. The Hall–Kier alpha value is -3.21. The van der Waals surface area contributed by atoms with E-state index in [9.17, 15) is 4.79 Å². The van der Waals surface area contributed by atoms with Crippen molar-refractivity contribution in [3.05, 3.63) is 83.3 Å². The van der Waals surface area contributed by atoms with Crippen molar-refractivity contribution < 1.29 is 18.7 Å². The third-order valence-electron chi connectivity index (χ3n) is 5.53. The Morgan fingerprint density at radius 1 is 1.03 bits per heavy atom. The Balaban J connectivity index is 1.79. The second-order valence-electron chi connectivity index (χ2n) is 7.63. The average molecular weight is 422 g/mol. The van der Waals surface area contributed by atoms with Crippen molar-refractivity contribution in [3.63, 3.8) is 0 Å². The van der Waals surface area contributed by atoms with Gasteiger partial charge < -0.3 is 18.8 Å². The molecule has 1 unspecified atom stereocenters. The molecular formula is C26H31NO4. The van der Waals surface area contributed by atoms with Crippen LogP contribution in [0.25, 0.3) is 0 Å². The minimum atomic E-state index is 0.0909.